The van der Waals surface area contributed by atoms with Crippen LogP contribution in [-0.4, -0.2) is 27.1 Å². The minimum atomic E-state index is -1.01. The molecule has 0 amide bonds. The van der Waals surface area contributed by atoms with Crippen LogP contribution in [0, 0.1) is 10.1 Å². The van der Waals surface area contributed by atoms with E-state index in [1.807, 2.05) is 0 Å². The number of phenolic OH excluding ortho intramolecular Hbond substituents is 1. The molecule has 0 saturated carbocycles. The van der Waals surface area contributed by atoms with E-state index in [9.17, 15) is 20.0 Å². The predicted molar refractivity (Wildman–Crippen MR) is 60.1 cm³/mol. The summed E-state index contributed by atoms with van der Waals surface area (Å²) >= 11 is 0. The van der Waals surface area contributed by atoms with Gasteiger partial charge < -0.3 is 15.5 Å². The molecule has 1 aromatic carbocycles. The maximum Gasteiger partial charge on any atom is 0.305 e. The van der Waals surface area contributed by atoms with Crippen molar-refractivity contribution in [3.8, 4) is 5.75 Å². The van der Waals surface area contributed by atoms with Gasteiger partial charge in [0.2, 0.25) is 0 Å². The zero-order valence-electron chi connectivity index (χ0n) is 9.08. The number of aromatic hydroxyl groups is 1. The fourth-order valence-corrected chi connectivity index (χ4v) is 1.38. The first kappa shape index (κ1) is 12.8. The van der Waals surface area contributed by atoms with Crippen LogP contribution in [0.3, 0.4) is 0 Å². The Kier molecular flexibility index (Phi) is 3.86. The van der Waals surface area contributed by atoms with Crippen LogP contribution in [0.1, 0.15) is 13.3 Å². The van der Waals surface area contributed by atoms with E-state index >= 15 is 0 Å². The van der Waals surface area contributed by atoms with Gasteiger partial charge in [0, 0.05) is 18.2 Å². The Morgan fingerprint density at radius 2 is 2.24 bits per heavy atom. The van der Waals surface area contributed by atoms with Crippen molar-refractivity contribution >= 4 is 17.3 Å². The van der Waals surface area contributed by atoms with Crippen molar-refractivity contribution < 1.29 is 19.9 Å². The van der Waals surface area contributed by atoms with Crippen molar-refractivity contribution in [1.29, 1.82) is 0 Å². The van der Waals surface area contributed by atoms with Gasteiger partial charge in [-0.3, -0.25) is 14.9 Å². The monoisotopic (exact) mass is 240 g/mol. The highest BCUT2D eigenvalue weighted by atomic mass is 16.6. The van der Waals surface area contributed by atoms with Crippen LogP contribution >= 0.6 is 0 Å². The number of rotatable bonds is 5. The average Bonchev–Trinajstić information content (AvgIpc) is 2.15. The number of carboxylic acid groups (broad SMARTS) is 1. The maximum atomic E-state index is 10.7. The minimum absolute atomic E-state index is 0.101. The van der Waals surface area contributed by atoms with E-state index < -0.39 is 16.9 Å². The van der Waals surface area contributed by atoms with Crippen LogP contribution in [0.5, 0.6) is 5.75 Å². The number of aliphatic carboxylic acids is 1. The first-order chi connectivity index (χ1) is 7.90. The molecule has 1 rings (SSSR count). The maximum absolute atomic E-state index is 10.7. The Labute approximate surface area is 96.8 Å². The van der Waals surface area contributed by atoms with Gasteiger partial charge in [-0.15, -0.1) is 0 Å². The highest BCUT2D eigenvalue weighted by Crippen LogP contribution is 2.28. The molecule has 0 bridgehead atoms. The number of nitrogens with one attached hydrogen (secondary N) is 1. The van der Waals surface area contributed by atoms with Crippen molar-refractivity contribution in [1.82, 2.24) is 0 Å². The number of carboxylic acids is 1. The number of nitro groups is 1. The molecule has 0 heterocycles. The number of benzene rings is 1. The number of hydrogen-bond donors (Lipinski definition) is 3. The predicted octanol–water partition coefficient (Wildman–Crippen LogP) is 1.58. The number of nitrogens with zero attached hydrogens (tertiary/aromatic N) is 1. The Hall–Kier alpha value is -2.31. The summed E-state index contributed by atoms with van der Waals surface area (Å²) in [6, 6.07) is 3.07. The molecule has 7 nitrogen and oxygen atoms in total. The zero-order chi connectivity index (χ0) is 13.0. The molecule has 0 radical (unpaired) electrons. The fourth-order valence-electron chi connectivity index (χ4n) is 1.38. The highest BCUT2D eigenvalue weighted by Gasteiger charge is 2.17. The second kappa shape index (κ2) is 5.15. The summed E-state index contributed by atoms with van der Waals surface area (Å²) in [5.74, 6) is -1.13. The van der Waals surface area contributed by atoms with Crippen molar-refractivity contribution in [3.05, 3.63) is 28.3 Å². The van der Waals surface area contributed by atoms with Crippen LogP contribution in [0.4, 0.5) is 11.4 Å². The van der Waals surface area contributed by atoms with E-state index in [0.29, 0.717) is 0 Å². The minimum Gasteiger partial charge on any atom is -0.508 e. The van der Waals surface area contributed by atoms with Gasteiger partial charge in [0.15, 0.2) is 0 Å². The Morgan fingerprint density at radius 3 is 2.76 bits per heavy atom. The summed E-state index contributed by atoms with van der Waals surface area (Å²) in [6.45, 7) is 1.59. The lowest BCUT2D eigenvalue weighted by Crippen LogP contribution is -2.19. The van der Waals surface area contributed by atoms with Crippen molar-refractivity contribution in [2.24, 2.45) is 0 Å². The fraction of sp³-hybridized carbons (Fsp3) is 0.300. The van der Waals surface area contributed by atoms with Gasteiger partial charge in [-0.05, 0) is 13.0 Å². The van der Waals surface area contributed by atoms with E-state index in [0.717, 1.165) is 6.07 Å². The van der Waals surface area contributed by atoms with Gasteiger partial charge >= 0.3 is 5.97 Å². The molecule has 0 aromatic heterocycles. The molecule has 17 heavy (non-hydrogen) atoms. The molecular formula is C10H12N2O5. The first-order valence-electron chi connectivity index (χ1n) is 4.86. The standard InChI is InChI=1S/C10H12N2O5/c1-6(4-10(14)15)11-8-5-7(13)2-3-9(8)12(16)17/h2-3,5-6,11,13H,4H2,1H3,(H,14,15)/t6-/m1/s1. The van der Waals surface area contributed by atoms with Crippen LogP contribution in [0.25, 0.3) is 0 Å². The Bertz CT molecular complexity index is 446. The molecule has 0 aliphatic carbocycles. The molecule has 3 N–H and O–H groups in total. The van der Waals surface area contributed by atoms with E-state index in [-0.39, 0.29) is 23.5 Å². The van der Waals surface area contributed by atoms with Gasteiger partial charge in [0.1, 0.15) is 11.4 Å². The average molecular weight is 240 g/mol. The first-order valence-corrected chi connectivity index (χ1v) is 4.86. The summed E-state index contributed by atoms with van der Waals surface area (Å²) in [5.41, 5.74) is -0.108. The van der Waals surface area contributed by atoms with Crippen LogP contribution < -0.4 is 5.32 Å². The third-order valence-corrected chi connectivity index (χ3v) is 2.06. The summed E-state index contributed by atoms with van der Waals surface area (Å²) in [7, 11) is 0. The zero-order valence-corrected chi connectivity index (χ0v) is 9.08. The molecule has 7 heteroatoms. The van der Waals surface area contributed by atoms with Gasteiger partial charge in [-0.25, -0.2) is 0 Å². The lowest BCUT2D eigenvalue weighted by molar-refractivity contribution is -0.384. The smallest absolute Gasteiger partial charge is 0.305 e. The van der Waals surface area contributed by atoms with E-state index in [1.54, 1.807) is 6.92 Å². The second-order valence-electron chi connectivity index (χ2n) is 3.60. The Balaban J connectivity index is 2.92. The van der Waals surface area contributed by atoms with Crippen molar-refractivity contribution in [2.75, 3.05) is 5.32 Å². The molecule has 0 fully saturated rings. The SMILES string of the molecule is C[C@H](CC(=O)O)Nc1cc(O)ccc1[N+](=O)[O-]. The van der Waals surface area contributed by atoms with E-state index in [1.165, 1.54) is 12.1 Å². The molecular weight excluding hydrogens is 228 g/mol. The van der Waals surface area contributed by atoms with Crippen molar-refractivity contribution in [2.45, 2.75) is 19.4 Å². The summed E-state index contributed by atoms with van der Waals surface area (Å²) in [5, 5.41) is 31.2. The third-order valence-electron chi connectivity index (χ3n) is 2.06. The summed E-state index contributed by atoms with van der Waals surface area (Å²) in [6.07, 6.45) is -0.174. The molecule has 0 aliphatic rings. The number of hydrogen-bond acceptors (Lipinski definition) is 5. The number of anilines is 1. The lowest BCUT2D eigenvalue weighted by atomic mass is 10.2. The number of phenols is 1. The van der Waals surface area contributed by atoms with Crippen LogP contribution in [0.2, 0.25) is 0 Å². The molecule has 1 aromatic rings. The van der Waals surface area contributed by atoms with Crippen LogP contribution in [-0.2, 0) is 4.79 Å². The number of nitro benzene ring substituents is 1. The summed E-state index contributed by atoms with van der Waals surface area (Å²) < 4.78 is 0. The molecule has 1 atom stereocenters. The molecule has 0 unspecified atom stereocenters. The highest BCUT2D eigenvalue weighted by molar-refractivity contribution is 5.69. The quantitative estimate of drug-likeness (QED) is 0.532. The van der Waals surface area contributed by atoms with Gasteiger partial charge in [0.25, 0.3) is 5.69 Å². The number of carbonyl (C=O) groups is 1. The van der Waals surface area contributed by atoms with Crippen molar-refractivity contribution in [3.63, 3.8) is 0 Å². The third kappa shape index (κ3) is 3.63. The molecule has 0 spiro atoms. The Morgan fingerprint density at radius 1 is 1.59 bits per heavy atom. The normalized spacial score (nSPS) is 11.8. The summed E-state index contributed by atoms with van der Waals surface area (Å²) in [4.78, 5) is 20.6. The van der Waals surface area contributed by atoms with E-state index in [2.05, 4.69) is 5.32 Å². The van der Waals surface area contributed by atoms with Gasteiger partial charge in [-0.1, -0.05) is 0 Å². The van der Waals surface area contributed by atoms with Gasteiger partial charge in [0.05, 0.1) is 11.3 Å². The van der Waals surface area contributed by atoms with Gasteiger partial charge in [-0.2, -0.15) is 0 Å². The lowest BCUT2D eigenvalue weighted by Gasteiger charge is -2.13. The van der Waals surface area contributed by atoms with Crippen LogP contribution in [0.15, 0.2) is 18.2 Å². The van der Waals surface area contributed by atoms with E-state index in [4.69, 9.17) is 5.11 Å². The largest absolute Gasteiger partial charge is 0.508 e. The molecule has 92 valence electrons. The topological polar surface area (TPSA) is 113 Å². The second-order valence-corrected chi connectivity index (χ2v) is 3.60. The molecule has 0 aliphatic heterocycles. The molecule has 0 saturated heterocycles.